The molecule has 0 aliphatic carbocycles. The van der Waals surface area contributed by atoms with Crippen molar-refractivity contribution in [3.8, 4) is 0 Å². The van der Waals surface area contributed by atoms with E-state index in [1.807, 2.05) is 0 Å². The van der Waals surface area contributed by atoms with E-state index in [0.29, 0.717) is 13.1 Å². The number of halogens is 2. The van der Waals surface area contributed by atoms with E-state index < -0.39 is 17.6 Å². The van der Waals surface area contributed by atoms with Crippen LogP contribution in [0.15, 0.2) is 24.4 Å². The number of benzene rings is 1. The fourth-order valence-corrected chi connectivity index (χ4v) is 1.60. The molecule has 0 radical (unpaired) electrons. The minimum atomic E-state index is -1.15. The van der Waals surface area contributed by atoms with Crippen molar-refractivity contribution in [1.29, 1.82) is 0 Å². The van der Waals surface area contributed by atoms with E-state index in [0.717, 1.165) is 18.2 Å². The highest BCUT2D eigenvalue weighted by Gasteiger charge is 2.08. The molecular formula is C12H12F2N4O2. The molecule has 106 valence electrons. The predicted octanol–water partition coefficient (Wildman–Crippen LogP) is 1.04. The number of aromatic carboxylic acids is 1. The molecule has 0 unspecified atom stereocenters. The summed E-state index contributed by atoms with van der Waals surface area (Å²) < 4.78 is 27.6. The van der Waals surface area contributed by atoms with Crippen LogP contribution in [-0.2, 0) is 13.1 Å². The van der Waals surface area contributed by atoms with Gasteiger partial charge in [0.25, 0.3) is 0 Å². The van der Waals surface area contributed by atoms with Crippen molar-refractivity contribution < 1.29 is 18.7 Å². The molecule has 0 saturated carbocycles. The van der Waals surface area contributed by atoms with Crippen LogP contribution in [0.3, 0.4) is 0 Å². The van der Waals surface area contributed by atoms with Gasteiger partial charge < -0.3 is 10.4 Å². The van der Waals surface area contributed by atoms with Crippen molar-refractivity contribution in [3.05, 3.63) is 47.3 Å². The standard InChI is InChI=1S/C12H12F2N4O2/c13-9-1-2-10(14)8(5-9)6-15-3-4-18-7-11(12(19)20)16-17-18/h1-2,5,7,15H,3-4,6H2,(H,19,20). The monoisotopic (exact) mass is 282 g/mol. The van der Waals surface area contributed by atoms with Gasteiger partial charge in [-0.15, -0.1) is 5.10 Å². The molecule has 0 aliphatic heterocycles. The lowest BCUT2D eigenvalue weighted by Gasteiger charge is -2.06. The minimum absolute atomic E-state index is 0.138. The third-order valence-corrected chi connectivity index (χ3v) is 2.60. The number of rotatable bonds is 6. The Morgan fingerprint density at radius 2 is 2.20 bits per heavy atom. The van der Waals surface area contributed by atoms with Gasteiger partial charge >= 0.3 is 5.97 Å². The Bertz CT molecular complexity index is 615. The lowest BCUT2D eigenvalue weighted by molar-refractivity contribution is 0.0690. The summed E-state index contributed by atoms with van der Waals surface area (Å²) >= 11 is 0. The Morgan fingerprint density at radius 3 is 2.90 bits per heavy atom. The third-order valence-electron chi connectivity index (χ3n) is 2.60. The van der Waals surface area contributed by atoms with Gasteiger partial charge in [-0.25, -0.2) is 13.6 Å². The molecule has 1 aromatic heterocycles. The van der Waals surface area contributed by atoms with E-state index in [1.165, 1.54) is 10.9 Å². The first-order chi connectivity index (χ1) is 9.56. The van der Waals surface area contributed by atoms with Crippen molar-refractivity contribution >= 4 is 5.97 Å². The lowest BCUT2D eigenvalue weighted by Crippen LogP contribution is -2.20. The lowest BCUT2D eigenvalue weighted by atomic mass is 10.2. The molecule has 2 aromatic rings. The summed E-state index contributed by atoms with van der Waals surface area (Å²) in [7, 11) is 0. The maximum atomic E-state index is 13.3. The average molecular weight is 282 g/mol. The molecule has 20 heavy (non-hydrogen) atoms. The Kier molecular flexibility index (Phi) is 4.36. The number of hydrogen-bond donors (Lipinski definition) is 2. The average Bonchev–Trinajstić information content (AvgIpc) is 2.87. The molecule has 0 bridgehead atoms. The number of aromatic nitrogens is 3. The quantitative estimate of drug-likeness (QED) is 0.774. The molecule has 2 rings (SSSR count). The molecule has 0 aliphatic rings. The molecule has 0 amide bonds. The molecule has 8 heteroatoms. The normalized spacial score (nSPS) is 10.7. The zero-order valence-corrected chi connectivity index (χ0v) is 10.4. The summed E-state index contributed by atoms with van der Waals surface area (Å²) in [5.74, 6) is -2.12. The Morgan fingerprint density at radius 1 is 1.40 bits per heavy atom. The number of carboxylic acid groups (broad SMARTS) is 1. The molecule has 6 nitrogen and oxygen atoms in total. The second kappa shape index (κ2) is 6.20. The minimum Gasteiger partial charge on any atom is -0.476 e. The Labute approximate surface area is 113 Å². The van der Waals surface area contributed by atoms with E-state index in [-0.39, 0.29) is 17.8 Å². The van der Waals surface area contributed by atoms with Crippen molar-refractivity contribution in [2.24, 2.45) is 0 Å². The van der Waals surface area contributed by atoms with Crippen molar-refractivity contribution in [2.45, 2.75) is 13.1 Å². The van der Waals surface area contributed by atoms with Crippen LogP contribution in [0.4, 0.5) is 8.78 Å². The van der Waals surface area contributed by atoms with Gasteiger partial charge in [0.2, 0.25) is 0 Å². The predicted molar refractivity (Wildman–Crippen MR) is 65.0 cm³/mol. The third kappa shape index (κ3) is 3.58. The van der Waals surface area contributed by atoms with Gasteiger partial charge in [0.05, 0.1) is 12.7 Å². The number of hydrogen-bond acceptors (Lipinski definition) is 4. The number of nitrogens with zero attached hydrogens (tertiary/aromatic N) is 3. The second-order valence-electron chi connectivity index (χ2n) is 4.08. The molecule has 1 heterocycles. The highest BCUT2D eigenvalue weighted by Crippen LogP contribution is 2.08. The van der Waals surface area contributed by atoms with E-state index in [1.54, 1.807) is 0 Å². The van der Waals surface area contributed by atoms with Gasteiger partial charge in [0.15, 0.2) is 5.69 Å². The van der Waals surface area contributed by atoms with Crippen LogP contribution in [0.1, 0.15) is 16.1 Å². The van der Waals surface area contributed by atoms with Gasteiger partial charge in [-0.2, -0.15) is 0 Å². The van der Waals surface area contributed by atoms with Crippen LogP contribution in [0.5, 0.6) is 0 Å². The number of nitrogens with one attached hydrogen (secondary N) is 1. The SMILES string of the molecule is O=C(O)c1cn(CCNCc2cc(F)ccc2F)nn1. The van der Waals surface area contributed by atoms with E-state index >= 15 is 0 Å². The van der Waals surface area contributed by atoms with Gasteiger partial charge in [-0.05, 0) is 18.2 Å². The first-order valence-electron chi connectivity index (χ1n) is 5.84. The highest BCUT2D eigenvalue weighted by atomic mass is 19.1. The van der Waals surface area contributed by atoms with Gasteiger partial charge in [0.1, 0.15) is 11.6 Å². The molecule has 0 fully saturated rings. The second-order valence-corrected chi connectivity index (χ2v) is 4.08. The van der Waals surface area contributed by atoms with E-state index in [4.69, 9.17) is 5.11 Å². The topological polar surface area (TPSA) is 80.0 Å². The van der Waals surface area contributed by atoms with Crippen LogP contribution in [0.25, 0.3) is 0 Å². The zero-order chi connectivity index (χ0) is 14.5. The highest BCUT2D eigenvalue weighted by molar-refractivity contribution is 5.84. The Balaban J connectivity index is 1.81. The molecule has 1 aromatic carbocycles. The number of carboxylic acids is 1. The maximum Gasteiger partial charge on any atom is 0.358 e. The van der Waals surface area contributed by atoms with Crippen LogP contribution >= 0.6 is 0 Å². The van der Waals surface area contributed by atoms with Gasteiger partial charge in [0, 0.05) is 18.7 Å². The smallest absolute Gasteiger partial charge is 0.358 e. The largest absolute Gasteiger partial charge is 0.476 e. The summed E-state index contributed by atoms with van der Waals surface area (Å²) in [5.41, 5.74) is 0.0935. The van der Waals surface area contributed by atoms with Gasteiger partial charge in [-0.1, -0.05) is 5.21 Å². The summed E-state index contributed by atoms with van der Waals surface area (Å²) in [6, 6.07) is 3.25. The number of carbonyl (C=O) groups is 1. The first-order valence-corrected chi connectivity index (χ1v) is 5.84. The fourth-order valence-electron chi connectivity index (χ4n) is 1.60. The molecule has 0 spiro atoms. The van der Waals surface area contributed by atoms with E-state index in [2.05, 4.69) is 15.6 Å². The van der Waals surface area contributed by atoms with E-state index in [9.17, 15) is 13.6 Å². The summed E-state index contributed by atoms with van der Waals surface area (Å²) in [6.45, 7) is 0.958. The first kappa shape index (κ1) is 14.1. The Hall–Kier alpha value is -2.35. The maximum absolute atomic E-state index is 13.3. The van der Waals surface area contributed by atoms with Crippen molar-refractivity contribution in [3.63, 3.8) is 0 Å². The molecule has 0 saturated heterocycles. The summed E-state index contributed by atoms with van der Waals surface area (Å²) in [5, 5.41) is 18.7. The summed E-state index contributed by atoms with van der Waals surface area (Å²) in [4.78, 5) is 10.6. The van der Waals surface area contributed by atoms with Crippen molar-refractivity contribution in [1.82, 2.24) is 20.3 Å². The van der Waals surface area contributed by atoms with Crippen LogP contribution in [-0.4, -0.2) is 32.6 Å². The van der Waals surface area contributed by atoms with Crippen LogP contribution in [0, 0.1) is 11.6 Å². The molecule has 0 atom stereocenters. The molecular weight excluding hydrogens is 270 g/mol. The molecule has 2 N–H and O–H groups in total. The van der Waals surface area contributed by atoms with Crippen LogP contribution in [0.2, 0.25) is 0 Å². The van der Waals surface area contributed by atoms with Crippen LogP contribution < -0.4 is 5.32 Å². The van der Waals surface area contributed by atoms with Crippen molar-refractivity contribution in [2.75, 3.05) is 6.54 Å². The summed E-state index contributed by atoms with van der Waals surface area (Å²) in [6.07, 6.45) is 1.30. The fraction of sp³-hybridized carbons (Fsp3) is 0.250. The zero-order valence-electron chi connectivity index (χ0n) is 10.4. The van der Waals surface area contributed by atoms with Gasteiger partial charge in [-0.3, -0.25) is 4.68 Å².